The molecule has 0 N–H and O–H groups in total. The van der Waals surface area contributed by atoms with Gasteiger partial charge in [-0.15, -0.1) is 0 Å². The monoisotopic (exact) mass is 1880 g/mol. The fourth-order valence-electron chi connectivity index (χ4n) is 27.3. The lowest BCUT2D eigenvalue weighted by Gasteiger charge is -2.51. The predicted octanol–water partition coefficient (Wildman–Crippen LogP) is 32.4. The lowest BCUT2D eigenvalue weighted by Crippen LogP contribution is -2.55. The molecule has 13 aromatic carbocycles. The first-order valence-electron chi connectivity index (χ1n) is 58.3. The van der Waals surface area contributed by atoms with Gasteiger partial charge in [-0.05, 0) is 269 Å². The number of para-hydroxylation sites is 5. The molecule has 10 heterocycles. The van der Waals surface area contributed by atoms with Gasteiger partial charge in [0, 0.05) is 104 Å². The zero-order valence-electron chi connectivity index (χ0n) is 97.0. The van der Waals surface area contributed by atoms with Crippen LogP contribution in [0.25, 0.3) is 28.5 Å². The van der Waals surface area contributed by atoms with Crippen LogP contribution in [0.4, 0.5) is 28.4 Å². The van der Waals surface area contributed by atoms with Crippen LogP contribution in [-0.2, 0) is 23.1 Å². The molecule has 26 rings (SSSR count). The molecule has 722 valence electrons. The minimum Gasteiger partial charge on any atom is -0.345 e. The van der Waals surface area contributed by atoms with Gasteiger partial charge in [-0.2, -0.15) is 0 Å². The van der Waals surface area contributed by atoms with E-state index in [-0.39, 0.29) is 11.1 Å². The van der Waals surface area contributed by atoms with Gasteiger partial charge in [0.15, 0.2) is 0 Å². The van der Waals surface area contributed by atoms with Crippen LogP contribution in [0.5, 0.6) is 0 Å². The molecule has 0 bridgehead atoms. The molecule has 10 aliphatic heterocycles. The summed E-state index contributed by atoms with van der Waals surface area (Å²) in [5.74, 6) is 2.18. The summed E-state index contributed by atoms with van der Waals surface area (Å²) in [4.78, 5) is 22.3. The van der Waals surface area contributed by atoms with Crippen LogP contribution < -0.4 is 24.5 Å². The van der Waals surface area contributed by atoms with Crippen LogP contribution in [0.1, 0.15) is 295 Å². The molecule has 0 spiro atoms. The minimum absolute atomic E-state index is 0.0206. The molecule has 10 nitrogen and oxygen atoms in total. The number of nitrogens with zero attached hydrogens (tertiary/aromatic N) is 10. The SMILES string of the molecule is CC1=C2c3ccccc3C(C)(C)N2C(C2CCCCC2)N1c1ccccc1C.CC1=C2c3ccccc3C(C)(C3CCCCC3)N2C(C2CCCCC2)N1c1ccccc1C.[2H]C([2H])([2H])C1N(c2ccccc2C)C(C)=C2c3ccccc3C([2H])([2H])N21.[2H]C([2H])([2H])C1N(c2ccccc2C)C(C)=C2c3ccccc3C([2H])(c3ccccc3)N21.[2H]C([2H])([2H])C1N(c2ccccc2C)C(C)=C2c3ccccc3C(c3ccccc3)(c3ccccc3)N21. The lowest BCUT2D eigenvalue weighted by molar-refractivity contribution is 0.0332. The third-order valence-corrected chi connectivity index (χ3v) is 33.8. The zero-order chi connectivity index (χ0) is 108. The Labute approximate surface area is 864 Å². The van der Waals surface area contributed by atoms with Gasteiger partial charge in [-0.1, -0.05) is 361 Å². The molecule has 13 aromatic rings. The van der Waals surface area contributed by atoms with E-state index in [4.69, 9.17) is 15.1 Å². The Hall–Kier alpha value is -13.4. The van der Waals surface area contributed by atoms with Crippen molar-refractivity contribution < 1.29 is 16.4 Å². The molecule has 3 saturated carbocycles. The van der Waals surface area contributed by atoms with Crippen molar-refractivity contribution in [3.8, 4) is 0 Å². The number of fused-ring (bicyclic) bond motifs is 15. The zero-order valence-corrected chi connectivity index (χ0v) is 85.0. The number of allylic oxidation sites excluding steroid dienone is 5. The fraction of sp³-hybridized carbons (Fsp3) is 0.333. The molecule has 7 atom stereocenters. The Morgan fingerprint density at radius 3 is 1.13 bits per heavy atom. The average molecular weight is 1880 g/mol. The molecule has 13 aliphatic rings. The first-order valence-corrected chi connectivity index (χ1v) is 52.3. The van der Waals surface area contributed by atoms with E-state index in [0.29, 0.717) is 23.6 Å². The number of anilines is 5. The van der Waals surface area contributed by atoms with Gasteiger partial charge in [-0.3, -0.25) is 0 Å². The third kappa shape index (κ3) is 15.2. The molecule has 3 fully saturated rings. The summed E-state index contributed by atoms with van der Waals surface area (Å²) in [6, 6.07) is 112. The minimum atomic E-state index is -2.39. The third-order valence-electron chi connectivity index (χ3n) is 33.8. The normalized spacial score (nSPS) is 24.9. The Kier molecular flexibility index (Phi) is 21.5. The maximum Gasteiger partial charge on any atom is 0.119 e. The summed E-state index contributed by atoms with van der Waals surface area (Å²) < 4.78 is 104. The van der Waals surface area contributed by atoms with Crippen molar-refractivity contribution in [2.75, 3.05) is 24.5 Å². The quantitative estimate of drug-likeness (QED) is 0.125. The van der Waals surface area contributed by atoms with Gasteiger partial charge >= 0.3 is 0 Å². The molecular formula is C132H144N10. The van der Waals surface area contributed by atoms with Gasteiger partial charge in [0.25, 0.3) is 0 Å². The molecule has 3 aliphatic carbocycles. The molecule has 0 radical (unpaired) electrons. The van der Waals surface area contributed by atoms with E-state index < -0.39 is 57.1 Å². The van der Waals surface area contributed by atoms with Crippen molar-refractivity contribution in [2.45, 2.75) is 267 Å². The predicted molar refractivity (Wildman–Crippen MR) is 593 cm³/mol. The highest BCUT2D eigenvalue weighted by atomic mass is 15.5. The lowest BCUT2D eigenvalue weighted by atomic mass is 9.71. The Balaban J connectivity index is 0.000000109. The van der Waals surface area contributed by atoms with Crippen molar-refractivity contribution >= 4 is 56.9 Å². The highest BCUT2D eigenvalue weighted by molar-refractivity contribution is 5.89. The highest BCUT2D eigenvalue weighted by Gasteiger charge is 2.61. The van der Waals surface area contributed by atoms with Crippen molar-refractivity contribution in [2.24, 2.45) is 17.8 Å². The summed E-state index contributed by atoms with van der Waals surface area (Å²) in [5, 5.41) is 0. The molecule has 142 heavy (non-hydrogen) atoms. The van der Waals surface area contributed by atoms with E-state index in [1.165, 1.54) is 163 Å². The molecule has 0 amide bonds. The number of hydrogen-bond acceptors (Lipinski definition) is 10. The molecule has 0 aromatic heterocycles. The fourth-order valence-corrected chi connectivity index (χ4v) is 27.3. The van der Waals surface area contributed by atoms with Crippen LogP contribution in [-0.4, -0.2) is 55.3 Å². The van der Waals surface area contributed by atoms with E-state index in [9.17, 15) is 1.37 Å². The summed E-state index contributed by atoms with van der Waals surface area (Å²) in [7, 11) is 0. The Bertz CT molecular complexity index is 7580. The smallest absolute Gasteiger partial charge is 0.119 e. The van der Waals surface area contributed by atoms with Gasteiger partial charge < -0.3 is 49.0 Å². The van der Waals surface area contributed by atoms with Crippen molar-refractivity contribution in [1.82, 2.24) is 24.5 Å². The van der Waals surface area contributed by atoms with Gasteiger partial charge in [-0.25, -0.2) is 0 Å². The maximum absolute atomic E-state index is 9.75. The second kappa shape index (κ2) is 38.1. The Morgan fingerprint density at radius 2 is 0.634 bits per heavy atom. The first kappa shape index (κ1) is 80.1. The molecule has 0 saturated heterocycles. The largest absolute Gasteiger partial charge is 0.345 e. The van der Waals surface area contributed by atoms with Crippen LogP contribution >= 0.6 is 0 Å². The highest BCUT2D eigenvalue weighted by Crippen LogP contribution is 2.64. The first-order chi connectivity index (χ1) is 73.9. The van der Waals surface area contributed by atoms with E-state index in [2.05, 4.69) is 219 Å². The average Bonchev–Trinajstić information content (AvgIpc) is 1.53. The standard InChI is InChI=1S/C31H40N2.C31H28N2.C26H32N2.C25H24N2.C19H20N2/c1-22-14-10-13-21-28(22)32-23(2)29-26-19-11-12-20-27(26)31(3,25-17-8-5-9-18-25)33(29)30(32)24-15-6-4-7-16-24;1-22-14-10-13-21-29(22)32-23(2)30-27-19-11-12-20-28(27)31(33(30)24(32)3,25-15-6-4-7-16-25)26-17-8-5-9-18-26;1-18-12-8-11-17-23(18)27-19(2)24-21-15-9-10-16-22(21)26(3,4)28(24)25(27)20-13-6-5-7-14-20;1-17-11-7-10-16-23(17)26-18(2)24-21-14-8-9-15-22(21)25(27(24)19(26)3)20-12-5-4-6-13-20;1-13-8-4-7-11-18(13)21-14(2)19-17-10-6-5-9-16(17)12-20(19)15(21)3/h10-14,19-21,24-25,30H,4-9,15-18H2,1-3H3;4-21,24H,1-3H3;8-12,15-17,20,25H,5-7,13-14H2,1-4H3;4-16,19,25H,1-3H3;4-11,15H,12H2,1-3H3/i;3D3;;3D3,25D;3D3,12D2. The van der Waals surface area contributed by atoms with Crippen LogP contribution in [0.2, 0.25) is 0 Å². The van der Waals surface area contributed by atoms with E-state index in [1.54, 1.807) is 22.6 Å². The van der Waals surface area contributed by atoms with E-state index in [0.717, 1.165) is 124 Å². The topological polar surface area (TPSA) is 32.4 Å². The molecule has 10 heteroatoms. The van der Waals surface area contributed by atoms with E-state index in [1.807, 2.05) is 231 Å². The molecular weight excluding hydrogens is 1730 g/mol. The molecule has 7 unspecified atom stereocenters. The summed E-state index contributed by atoms with van der Waals surface area (Å²) in [6.07, 6.45) is 18.6. The van der Waals surface area contributed by atoms with Crippen LogP contribution in [0, 0.1) is 52.4 Å². The van der Waals surface area contributed by atoms with Gasteiger partial charge in [0.05, 0.1) is 49.7 Å². The second-order valence-electron chi connectivity index (χ2n) is 42.1. The second-order valence-corrected chi connectivity index (χ2v) is 42.1. The summed E-state index contributed by atoms with van der Waals surface area (Å²) in [6.45, 7) is 19.7. The summed E-state index contributed by atoms with van der Waals surface area (Å²) in [5.41, 5.74) is 35.4. The number of aryl methyl sites for hydroxylation is 5. The van der Waals surface area contributed by atoms with Crippen molar-refractivity contribution in [1.29, 1.82) is 0 Å². The Morgan fingerprint density at radius 1 is 0.289 bits per heavy atom. The van der Waals surface area contributed by atoms with E-state index >= 15 is 0 Å². The van der Waals surface area contributed by atoms with Crippen LogP contribution in [0.3, 0.4) is 0 Å². The van der Waals surface area contributed by atoms with Gasteiger partial charge in [0.1, 0.15) is 36.4 Å². The van der Waals surface area contributed by atoms with Crippen LogP contribution in [0.15, 0.2) is 362 Å². The van der Waals surface area contributed by atoms with Crippen molar-refractivity contribution in [3.05, 3.63) is 462 Å². The number of benzene rings is 13. The number of rotatable bonds is 11. The number of hydrogen-bond donors (Lipinski definition) is 0. The maximum atomic E-state index is 9.75. The van der Waals surface area contributed by atoms with Crippen molar-refractivity contribution in [3.63, 3.8) is 0 Å². The van der Waals surface area contributed by atoms with Gasteiger partial charge in [0.2, 0.25) is 0 Å². The summed E-state index contributed by atoms with van der Waals surface area (Å²) >= 11 is 0.